The summed E-state index contributed by atoms with van der Waals surface area (Å²) in [6.07, 6.45) is 1.70. The molecule has 0 fully saturated rings. The fraction of sp³-hybridized carbons (Fsp3) is 0.273. The van der Waals surface area contributed by atoms with Crippen LogP contribution in [0.25, 0.3) is 0 Å². The number of nitrogens with two attached hydrogens (primary N) is 1. The fourth-order valence-corrected chi connectivity index (χ4v) is 6.50. The molecule has 1 atom stereocenters. The molecule has 2 N–H and O–H groups in total. The average molecular weight is 504 g/mol. The molecule has 0 spiro atoms. The summed E-state index contributed by atoms with van der Waals surface area (Å²) in [7, 11) is 0. The van der Waals surface area contributed by atoms with Crippen molar-refractivity contribution in [1.29, 1.82) is 5.26 Å². The van der Waals surface area contributed by atoms with E-state index in [0.29, 0.717) is 40.6 Å². The highest BCUT2D eigenvalue weighted by Gasteiger charge is 2.41. The number of carbonyl (C=O) groups excluding carboxylic acids is 1. The summed E-state index contributed by atoms with van der Waals surface area (Å²) in [5.41, 5.74) is 9.25. The van der Waals surface area contributed by atoms with Crippen molar-refractivity contribution in [3.63, 3.8) is 0 Å². The van der Waals surface area contributed by atoms with Crippen LogP contribution in [0, 0.1) is 17.1 Å². The first-order valence-electron chi connectivity index (χ1n) is 9.59. The molecule has 2 heterocycles. The normalized spacial score (nSPS) is 19.2. The van der Waals surface area contributed by atoms with Crippen LogP contribution in [0.5, 0.6) is 0 Å². The number of carbonyl (C=O) groups is 1. The minimum Gasteiger partial charge on any atom is -0.384 e. The molecular weight excluding hydrogens is 485 g/mol. The Morgan fingerprint density at radius 2 is 2.20 bits per heavy atom. The van der Waals surface area contributed by atoms with Gasteiger partial charge >= 0.3 is 0 Å². The smallest absolute Gasteiger partial charge is 0.161 e. The number of rotatable bonds is 4. The van der Waals surface area contributed by atoms with Crippen LogP contribution >= 0.6 is 39.0 Å². The molecule has 1 aliphatic heterocycles. The minimum atomic E-state index is -0.507. The van der Waals surface area contributed by atoms with Crippen LogP contribution in [0.2, 0.25) is 0 Å². The second-order valence-electron chi connectivity index (χ2n) is 7.01. The molecule has 2 aromatic rings. The summed E-state index contributed by atoms with van der Waals surface area (Å²) >= 11 is 6.57. The van der Waals surface area contributed by atoms with Gasteiger partial charge in [0.15, 0.2) is 5.78 Å². The zero-order valence-corrected chi connectivity index (χ0v) is 19.5. The minimum absolute atomic E-state index is 0.00247. The Balaban J connectivity index is 1.97. The highest BCUT2D eigenvalue weighted by atomic mass is 79.9. The summed E-state index contributed by atoms with van der Waals surface area (Å²) in [5.74, 6) is 0.106. The molecule has 4 nitrogen and oxygen atoms in total. The maximum absolute atomic E-state index is 14.9. The van der Waals surface area contributed by atoms with E-state index in [9.17, 15) is 14.4 Å². The number of hydrogen-bond acceptors (Lipinski definition) is 6. The Hall–Kier alpha value is -2.08. The molecule has 154 valence electrons. The highest BCUT2D eigenvalue weighted by molar-refractivity contribution is 9.10. The third-order valence-electron chi connectivity index (χ3n) is 5.31. The van der Waals surface area contributed by atoms with Gasteiger partial charge in [-0.25, -0.2) is 4.39 Å². The summed E-state index contributed by atoms with van der Waals surface area (Å²) in [6, 6.07) is 8.92. The number of ketones is 1. The predicted molar refractivity (Wildman–Crippen MR) is 123 cm³/mol. The van der Waals surface area contributed by atoms with Crippen molar-refractivity contribution in [2.24, 2.45) is 5.73 Å². The highest BCUT2D eigenvalue weighted by Crippen LogP contribution is 2.49. The number of allylic oxidation sites excluding steroid dienone is 3. The van der Waals surface area contributed by atoms with E-state index < -0.39 is 11.7 Å². The van der Waals surface area contributed by atoms with Gasteiger partial charge in [0.2, 0.25) is 0 Å². The van der Waals surface area contributed by atoms with Gasteiger partial charge < -0.3 is 5.73 Å². The molecule has 8 heteroatoms. The number of nitrogens with zero attached hydrogens (tertiary/aromatic N) is 2. The number of thioether (sulfide) groups is 1. The second kappa shape index (κ2) is 8.58. The van der Waals surface area contributed by atoms with E-state index in [-0.39, 0.29) is 17.3 Å². The van der Waals surface area contributed by atoms with Crippen molar-refractivity contribution >= 4 is 50.5 Å². The first-order valence-corrected chi connectivity index (χ1v) is 12.2. The van der Waals surface area contributed by atoms with Crippen molar-refractivity contribution < 1.29 is 9.18 Å². The predicted octanol–water partition coefficient (Wildman–Crippen LogP) is 6.07. The Labute approximate surface area is 191 Å². The molecule has 0 saturated heterocycles. The van der Waals surface area contributed by atoms with Crippen LogP contribution in [0.15, 0.2) is 61.0 Å². The summed E-state index contributed by atoms with van der Waals surface area (Å²) in [6.45, 7) is 2.07. The molecule has 0 unspecified atom stereocenters. The third-order valence-corrected chi connectivity index (χ3v) is 7.95. The number of hydrogen-bond donors (Lipinski definition) is 1. The lowest BCUT2D eigenvalue weighted by molar-refractivity contribution is -0.116. The Morgan fingerprint density at radius 3 is 2.90 bits per heavy atom. The van der Waals surface area contributed by atoms with E-state index in [1.54, 1.807) is 40.1 Å². The van der Waals surface area contributed by atoms with E-state index in [1.165, 1.54) is 6.07 Å². The summed E-state index contributed by atoms with van der Waals surface area (Å²) in [4.78, 5) is 14.7. The third kappa shape index (κ3) is 3.49. The summed E-state index contributed by atoms with van der Waals surface area (Å²) in [5, 5.41) is 12.0. The Bertz CT molecular complexity index is 1130. The molecule has 0 bridgehead atoms. The number of Topliss-reactive ketones (excluding diaryl/α,β-unsaturated/α-hetero) is 1. The fourth-order valence-electron chi connectivity index (χ4n) is 4.10. The molecule has 2 aliphatic rings. The van der Waals surface area contributed by atoms with Gasteiger partial charge in [-0.2, -0.15) is 5.26 Å². The van der Waals surface area contributed by atoms with Gasteiger partial charge in [-0.05, 0) is 53.8 Å². The van der Waals surface area contributed by atoms with Crippen LogP contribution in [0.1, 0.15) is 37.7 Å². The van der Waals surface area contributed by atoms with E-state index in [1.807, 2.05) is 11.4 Å². The van der Waals surface area contributed by atoms with Crippen molar-refractivity contribution in [3.8, 4) is 6.07 Å². The maximum atomic E-state index is 14.9. The van der Waals surface area contributed by atoms with E-state index >= 15 is 0 Å². The lowest BCUT2D eigenvalue weighted by atomic mass is 9.76. The molecule has 0 amide bonds. The first-order chi connectivity index (χ1) is 14.5. The number of halogens is 2. The van der Waals surface area contributed by atoms with Crippen molar-refractivity contribution in [2.45, 2.75) is 36.3 Å². The van der Waals surface area contributed by atoms with Crippen LogP contribution < -0.4 is 10.6 Å². The lowest BCUT2D eigenvalue weighted by Crippen LogP contribution is -2.39. The second-order valence-corrected chi connectivity index (χ2v) is 10.4. The van der Waals surface area contributed by atoms with Gasteiger partial charge in [-0.15, -0.1) is 23.1 Å². The van der Waals surface area contributed by atoms with Crippen molar-refractivity contribution in [1.82, 2.24) is 0 Å². The van der Waals surface area contributed by atoms with Crippen molar-refractivity contribution in [2.75, 3.05) is 10.7 Å². The van der Waals surface area contributed by atoms with Gasteiger partial charge in [0.05, 0.1) is 27.5 Å². The van der Waals surface area contributed by atoms with Gasteiger partial charge in [0.25, 0.3) is 0 Å². The largest absolute Gasteiger partial charge is 0.384 e. The van der Waals surface area contributed by atoms with Crippen LogP contribution in [-0.4, -0.2) is 11.5 Å². The molecular formula is C22H19BrFN3OS2. The topological polar surface area (TPSA) is 70.1 Å². The lowest BCUT2D eigenvalue weighted by Gasteiger charge is -2.39. The van der Waals surface area contributed by atoms with E-state index in [0.717, 1.165) is 15.5 Å². The number of thiophene rings is 1. The van der Waals surface area contributed by atoms with Gasteiger partial charge in [-0.3, -0.25) is 9.69 Å². The zero-order chi connectivity index (χ0) is 21.4. The van der Waals surface area contributed by atoms with Gasteiger partial charge in [0, 0.05) is 22.2 Å². The van der Waals surface area contributed by atoms with Crippen LogP contribution in [-0.2, 0) is 4.79 Å². The van der Waals surface area contributed by atoms with E-state index in [2.05, 4.69) is 28.9 Å². The summed E-state index contributed by atoms with van der Waals surface area (Å²) < 4.78 is 16.6. The molecule has 30 heavy (non-hydrogen) atoms. The average Bonchev–Trinajstić information content (AvgIpc) is 3.16. The van der Waals surface area contributed by atoms with Crippen molar-refractivity contribution in [3.05, 3.63) is 68.2 Å². The quantitative estimate of drug-likeness (QED) is 0.512. The zero-order valence-electron chi connectivity index (χ0n) is 16.2. The standard InChI is InChI=1S/C22H19BrFN3OS2/c1-2-29-22-13(8-9-30-22)19-14(11-25)21(26)27(16-7-6-12(23)10-15(16)24)17-4-3-5-18(28)20(17)19/h6-10,19H,2-5,26H2,1H3/t19-/m1/s1. The first kappa shape index (κ1) is 21.2. The monoisotopic (exact) mass is 503 g/mol. The SMILES string of the molecule is CCSc1sccc1[C@@H]1C(C#N)=C(N)N(c2ccc(Br)cc2F)C2=C1C(=O)CCC2. The number of anilines is 1. The Kier molecular flexibility index (Phi) is 6.05. The maximum Gasteiger partial charge on any atom is 0.161 e. The van der Waals surface area contributed by atoms with E-state index in [4.69, 9.17) is 5.73 Å². The molecule has 0 saturated carbocycles. The van der Waals surface area contributed by atoms with Crippen LogP contribution in [0.3, 0.4) is 0 Å². The van der Waals surface area contributed by atoms with Crippen LogP contribution in [0.4, 0.5) is 10.1 Å². The molecule has 0 radical (unpaired) electrons. The van der Waals surface area contributed by atoms with Gasteiger partial charge in [0.1, 0.15) is 11.6 Å². The Morgan fingerprint density at radius 1 is 1.40 bits per heavy atom. The number of benzene rings is 1. The number of nitriles is 1. The molecule has 1 aliphatic carbocycles. The molecule has 1 aromatic heterocycles. The molecule has 4 rings (SSSR count). The molecule has 1 aromatic carbocycles. The van der Waals surface area contributed by atoms with Gasteiger partial charge in [-0.1, -0.05) is 22.9 Å².